The van der Waals surface area contributed by atoms with E-state index in [1.54, 1.807) is 18.2 Å². The fraction of sp³-hybridized carbons (Fsp3) is 0.167. The highest BCUT2D eigenvalue weighted by Crippen LogP contribution is 2.40. The first-order chi connectivity index (χ1) is 14.3. The average molecular weight is 440 g/mol. The smallest absolute Gasteiger partial charge is 0.341 e. The molecule has 1 amide bonds. The number of thiophene rings is 1. The largest absolute Gasteiger partial charge is 0.465 e. The number of carbonyl (C=O) groups excluding carboxylic acids is 2. The highest BCUT2D eigenvalue weighted by molar-refractivity contribution is 7.17. The van der Waals surface area contributed by atoms with Crippen molar-refractivity contribution >= 4 is 45.9 Å². The van der Waals surface area contributed by atoms with Crippen LogP contribution >= 0.6 is 22.9 Å². The number of nitrogens with one attached hydrogen (secondary N) is 1. The van der Waals surface area contributed by atoms with Crippen molar-refractivity contribution in [1.82, 2.24) is 0 Å². The summed E-state index contributed by atoms with van der Waals surface area (Å²) < 4.78 is 5.01. The second kappa shape index (κ2) is 9.28. The van der Waals surface area contributed by atoms with Gasteiger partial charge in [0.1, 0.15) is 10.6 Å². The fourth-order valence-corrected chi connectivity index (χ4v) is 4.27. The van der Waals surface area contributed by atoms with Crippen molar-refractivity contribution in [3.8, 4) is 11.1 Å². The van der Waals surface area contributed by atoms with Crippen LogP contribution in [-0.2, 0) is 9.53 Å². The average Bonchev–Trinajstić information content (AvgIpc) is 3.04. The minimum atomic E-state index is -0.482. The van der Waals surface area contributed by atoms with Crippen LogP contribution in [0.15, 0.2) is 48.5 Å². The summed E-state index contributed by atoms with van der Waals surface area (Å²) in [5, 5.41) is 3.93. The van der Waals surface area contributed by atoms with Gasteiger partial charge in [0, 0.05) is 21.5 Å². The van der Waals surface area contributed by atoms with E-state index in [4.69, 9.17) is 16.3 Å². The molecule has 6 heteroatoms. The molecule has 0 aliphatic rings. The maximum Gasteiger partial charge on any atom is 0.341 e. The predicted molar refractivity (Wildman–Crippen MR) is 124 cm³/mol. The third-order valence-electron chi connectivity index (χ3n) is 4.80. The topological polar surface area (TPSA) is 55.4 Å². The first kappa shape index (κ1) is 21.8. The summed E-state index contributed by atoms with van der Waals surface area (Å²) >= 11 is 7.24. The number of hydrogen-bond donors (Lipinski definition) is 1. The monoisotopic (exact) mass is 439 g/mol. The highest BCUT2D eigenvalue weighted by Gasteiger charge is 2.25. The molecule has 0 bridgehead atoms. The van der Waals surface area contributed by atoms with Gasteiger partial charge in [-0.2, -0.15) is 0 Å². The van der Waals surface area contributed by atoms with E-state index in [-0.39, 0.29) is 5.91 Å². The Hall–Kier alpha value is -2.89. The Balaban J connectivity index is 1.94. The molecule has 0 aliphatic heterocycles. The fourth-order valence-electron chi connectivity index (χ4n) is 3.07. The summed E-state index contributed by atoms with van der Waals surface area (Å²) in [6.45, 7) is 6.00. The van der Waals surface area contributed by atoms with E-state index in [0.717, 1.165) is 27.1 Å². The van der Waals surface area contributed by atoms with Crippen molar-refractivity contribution in [3.63, 3.8) is 0 Å². The normalized spacial score (nSPS) is 11.0. The summed E-state index contributed by atoms with van der Waals surface area (Å²) in [6, 6.07) is 13.2. The first-order valence-corrected chi connectivity index (χ1v) is 10.5. The molecule has 0 saturated heterocycles. The number of rotatable bonds is 5. The van der Waals surface area contributed by atoms with Gasteiger partial charge in [0.05, 0.1) is 7.11 Å². The molecular formula is C24H22ClNO3S. The molecule has 0 aliphatic carbocycles. The van der Waals surface area contributed by atoms with E-state index in [9.17, 15) is 9.59 Å². The van der Waals surface area contributed by atoms with E-state index in [2.05, 4.69) is 5.32 Å². The van der Waals surface area contributed by atoms with Gasteiger partial charge < -0.3 is 10.1 Å². The van der Waals surface area contributed by atoms with Gasteiger partial charge in [-0.3, -0.25) is 4.79 Å². The third kappa shape index (κ3) is 4.81. The quantitative estimate of drug-likeness (QED) is 0.368. The summed E-state index contributed by atoms with van der Waals surface area (Å²) in [6.07, 6.45) is 3.11. The van der Waals surface area contributed by atoms with Crippen molar-refractivity contribution in [3.05, 3.63) is 80.7 Å². The summed E-state index contributed by atoms with van der Waals surface area (Å²) in [5.74, 6) is -0.812. The van der Waals surface area contributed by atoms with Gasteiger partial charge in [0.25, 0.3) is 0 Å². The molecule has 2 aromatic carbocycles. The first-order valence-electron chi connectivity index (χ1n) is 9.34. The van der Waals surface area contributed by atoms with Crippen molar-refractivity contribution in [2.75, 3.05) is 12.4 Å². The number of methoxy groups -OCH3 is 1. The Morgan fingerprint density at radius 1 is 1.03 bits per heavy atom. The van der Waals surface area contributed by atoms with Gasteiger partial charge in [-0.05, 0) is 61.2 Å². The Bertz CT molecular complexity index is 1130. The van der Waals surface area contributed by atoms with Crippen molar-refractivity contribution in [2.24, 2.45) is 0 Å². The van der Waals surface area contributed by atoms with Gasteiger partial charge in [-0.15, -0.1) is 11.3 Å². The summed E-state index contributed by atoms with van der Waals surface area (Å²) in [4.78, 5) is 26.0. The second-order valence-corrected chi connectivity index (χ2v) is 8.56. The van der Waals surface area contributed by atoms with Crippen LogP contribution in [0.25, 0.3) is 17.2 Å². The van der Waals surface area contributed by atoms with Gasteiger partial charge in [-0.25, -0.2) is 4.79 Å². The minimum absolute atomic E-state index is 0.331. The van der Waals surface area contributed by atoms with Crippen molar-refractivity contribution in [1.29, 1.82) is 0 Å². The molecule has 30 heavy (non-hydrogen) atoms. The van der Waals surface area contributed by atoms with Crippen LogP contribution in [0.2, 0.25) is 5.02 Å². The maximum atomic E-state index is 12.6. The van der Waals surface area contributed by atoms with E-state index in [0.29, 0.717) is 15.6 Å². The predicted octanol–water partition coefficient (Wildman–Crippen LogP) is 6.43. The molecule has 3 aromatic rings. The van der Waals surface area contributed by atoms with E-state index in [1.807, 2.05) is 51.1 Å². The standard InChI is InChI=1S/C24H22ClNO3S/c1-14-5-9-18(13-15(14)2)21-16(3)30-23(22(21)24(28)29-4)26-20(27)12-8-17-6-10-19(25)11-7-17/h5-13H,1-4H3,(H,26,27)/b12-8+. The number of hydrogen-bond acceptors (Lipinski definition) is 4. The van der Waals surface area contributed by atoms with E-state index < -0.39 is 5.97 Å². The Morgan fingerprint density at radius 3 is 2.37 bits per heavy atom. The molecule has 154 valence electrons. The SMILES string of the molecule is COC(=O)c1c(NC(=O)/C=C/c2ccc(Cl)cc2)sc(C)c1-c1ccc(C)c(C)c1. The Kier molecular flexibility index (Phi) is 6.75. The van der Waals surface area contributed by atoms with Gasteiger partial charge in [0.2, 0.25) is 5.91 Å². The van der Waals surface area contributed by atoms with Crippen LogP contribution in [-0.4, -0.2) is 19.0 Å². The second-order valence-electron chi connectivity index (χ2n) is 6.90. The molecule has 1 aromatic heterocycles. The lowest BCUT2D eigenvalue weighted by Crippen LogP contribution is -2.11. The third-order valence-corrected chi connectivity index (χ3v) is 6.08. The number of halogens is 1. The number of ether oxygens (including phenoxy) is 1. The molecule has 0 fully saturated rings. The Morgan fingerprint density at radius 2 is 1.73 bits per heavy atom. The zero-order valence-corrected chi connectivity index (χ0v) is 18.8. The number of anilines is 1. The van der Waals surface area contributed by atoms with Crippen molar-refractivity contribution in [2.45, 2.75) is 20.8 Å². The maximum absolute atomic E-state index is 12.6. The molecule has 1 heterocycles. The van der Waals surface area contributed by atoms with Gasteiger partial charge in [-0.1, -0.05) is 41.9 Å². The summed E-state index contributed by atoms with van der Waals surface area (Å²) in [5.41, 5.74) is 5.23. The lowest BCUT2D eigenvalue weighted by molar-refractivity contribution is -0.111. The number of esters is 1. The highest BCUT2D eigenvalue weighted by atomic mass is 35.5. The van der Waals surface area contributed by atoms with E-state index in [1.165, 1.54) is 30.1 Å². The van der Waals surface area contributed by atoms with Crippen LogP contribution in [0.3, 0.4) is 0 Å². The summed E-state index contributed by atoms with van der Waals surface area (Å²) in [7, 11) is 1.34. The lowest BCUT2D eigenvalue weighted by atomic mass is 9.97. The number of amides is 1. The molecule has 4 nitrogen and oxygen atoms in total. The van der Waals surface area contributed by atoms with Crippen molar-refractivity contribution < 1.29 is 14.3 Å². The van der Waals surface area contributed by atoms with Crippen LogP contribution in [0.5, 0.6) is 0 Å². The molecule has 0 saturated carbocycles. The van der Waals surface area contributed by atoms with Crippen LogP contribution in [0.1, 0.15) is 31.9 Å². The lowest BCUT2D eigenvalue weighted by Gasteiger charge is -2.09. The molecule has 0 unspecified atom stereocenters. The van der Waals surface area contributed by atoms with Gasteiger partial charge in [0.15, 0.2) is 0 Å². The molecule has 0 radical (unpaired) electrons. The van der Waals surface area contributed by atoms with Crippen LogP contribution < -0.4 is 5.32 Å². The van der Waals surface area contributed by atoms with Crippen LogP contribution in [0, 0.1) is 20.8 Å². The van der Waals surface area contributed by atoms with E-state index >= 15 is 0 Å². The minimum Gasteiger partial charge on any atom is -0.465 e. The Labute approximate surface area is 185 Å². The molecule has 0 spiro atoms. The molecular weight excluding hydrogens is 418 g/mol. The molecule has 0 atom stereocenters. The number of benzene rings is 2. The number of aryl methyl sites for hydroxylation is 3. The zero-order chi connectivity index (χ0) is 21.8. The zero-order valence-electron chi connectivity index (χ0n) is 17.2. The van der Waals surface area contributed by atoms with Gasteiger partial charge >= 0.3 is 5.97 Å². The molecule has 3 rings (SSSR count). The van der Waals surface area contributed by atoms with Crippen LogP contribution in [0.4, 0.5) is 5.00 Å². The number of carbonyl (C=O) groups is 2. The molecule has 1 N–H and O–H groups in total.